The molecule has 0 saturated heterocycles. The number of hydroxylamine groups is 1. The highest BCUT2D eigenvalue weighted by Gasteiger charge is 2.10. The van der Waals surface area contributed by atoms with Crippen LogP contribution >= 0.6 is 11.3 Å². The Bertz CT molecular complexity index is 288. The minimum absolute atomic E-state index is 0.238. The third-order valence-corrected chi connectivity index (χ3v) is 2.85. The maximum atomic E-state index is 11.0. The summed E-state index contributed by atoms with van der Waals surface area (Å²) in [5.41, 5.74) is 1.66. The van der Waals surface area contributed by atoms with Gasteiger partial charge in [-0.2, -0.15) is 0 Å². The van der Waals surface area contributed by atoms with E-state index in [1.165, 1.54) is 4.88 Å². The second-order valence-electron chi connectivity index (χ2n) is 3.32. The lowest BCUT2D eigenvalue weighted by atomic mass is 10.3. The lowest BCUT2D eigenvalue weighted by Crippen LogP contribution is -2.35. The third-order valence-electron chi connectivity index (χ3n) is 1.99. The van der Waals surface area contributed by atoms with Crippen molar-refractivity contribution < 1.29 is 10.0 Å². The summed E-state index contributed by atoms with van der Waals surface area (Å²) in [7, 11) is 0. The Morgan fingerprint density at radius 3 is 3.00 bits per heavy atom. The van der Waals surface area contributed by atoms with Crippen molar-refractivity contribution in [2.45, 2.75) is 19.9 Å². The molecule has 1 heterocycles. The van der Waals surface area contributed by atoms with Gasteiger partial charge in [0.15, 0.2) is 0 Å². The number of nitrogens with zero attached hydrogens (tertiary/aromatic N) is 1. The normalized spacial score (nSPS) is 10.6. The average Bonchev–Trinajstić information content (AvgIpc) is 2.70. The van der Waals surface area contributed by atoms with E-state index in [4.69, 9.17) is 5.21 Å². The van der Waals surface area contributed by atoms with Crippen molar-refractivity contribution in [3.05, 3.63) is 22.4 Å². The molecule has 0 fully saturated rings. The van der Waals surface area contributed by atoms with Gasteiger partial charge in [0, 0.05) is 11.4 Å². The number of hydrogen-bond donors (Lipinski definition) is 2. The van der Waals surface area contributed by atoms with Crippen LogP contribution in [0.3, 0.4) is 0 Å². The van der Waals surface area contributed by atoms with Crippen molar-refractivity contribution in [2.24, 2.45) is 0 Å². The predicted octanol–water partition coefficient (Wildman–Crippen LogP) is 1.47. The molecular weight excluding hydrogens is 212 g/mol. The molecule has 1 rings (SSSR count). The summed E-state index contributed by atoms with van der Waals surface area (Å²) in [5.74, 6) is -0.361. The van der Waals surface area contributed by atoms with E-state index in [1.807, 2.05) is 22.4 Å². The summed E-state index contributed by atoms with van der Waals surface area (Å²) >= 11 is 1.68. The van der Waals surface area contributed by atoms with Crippen LogP contribution in [0.2, 0.25) is 0 Å². The topological polar surface area (TPSA) is 52.6 Å². The molecule has 4 nitrogen and oxygen atoms in total. The first-order chi connectivity index (χ1) is 7.26. The van der Waals surface area contributed by atoms with Gasteiger partial charge in [0.05, 0.1) is 6.54 Å². The lowest BCUT2D eigenvalue weighted by Gasteiger charge is -2.19. The van der Waals surface area contributed by atoms with Gasteiger partial charge in [-0.15, -0.1) is 11.3 Å². The molecule has 0 bridgehead atoms. The average molecular weight is 228 g/mol. The van der Waals surface area contributed by atoms with Gasteiger partial charge in [0.2, 0.25) is 0 Å². The van der Waals surface area contributed by atoms with Gasteiger partial charge in [-0.05, 0) is 24.4 Å². The van der Waals surface area contributed by atoms with E-state index in [-0.39, 0.29) is 12.5 Å². The van der Waals surface area contributed by atoms with E-state index in [9.17, 15) is 4.79 Å². The first-order valence-electron chi connectivity index (χ1n) is 4.94. The zero-order valence-corrected chi connectivity index (χ0v) is 9.59. The molecule has 0 radical (unpaired) electrons. The Morgan fingerprint density at radius 2 is 2.47 bits per heavy atom. The van der Waals surface area contributed by atoms with Crippen molar-refractivity contribution in [3.8, 4) is 0 Å². The molecule has 2 N–H and O–H groups in total. The molecule has 15 heavy (non-hydrogen) atoms. The first kappa shape index (κ1) is 12.2. The van der Waals surface area contributed by atoms with Crippen LogP contribution in [0.25, 0.3) is 0 Å². The fourth-order valence-electron chi connectivity index (χ4n) is 1.39. The minimum Gasteiger partial charge on any atom is -0.289 e. The number of rotatable bonds is 6. The molecule has 1 amide bonds. The molecule has 1 aromatic rings. The molecule has 0 aliphatic carbocycles. The Balaban J connectivity index is 2.46. The molecule has 0 atom stereocenters. The Hall–Kier alpha value is -0.910. The maximum Gasteiger partial charge on any atom is 0.257 e. The number of hydrogen-bond acceptors (Lipinski definition) is 4. The zero-order valence-electron chi connectivity index (χ0n) is 8.77. The van der Waals surface area contributed by atoms with E-state index in [1.54, 1.807) is 16.8 Å². The second-order valence-corrected chi connectivity index (χ2v) is 4.36. The van der Waals surface area contributed by atoms with Crippen LogP contribution in [0.1, 0.15) is 18.2 Å². The van der Waals surface area contributed by atoms with Gasteiger partial charge < -0.3 is 0 Å². The van der Waals surface area contributed by atoms with Gasteiger partial charge in [-0.25, -0.2) is 5.48 Å². The van der Waals surface area contributed by atoms with Crippen molar-refractivity contribution in [3.63, 3.8) is 0 Å². The number of carbonyl (C=O) groups excluding carboxylic acids is 1. The van der Waals surface area contributed by atoms with E-state index in [2.05, 4.69) is 6.92 Å². The highest BCUT2D eigenvalue weighted by molar-refractivity contribution is 7.09. The summed E-state index contributed by atoms with van der Waals surface area (Å²) in [5, 5.41) is 10.5. The van der Waals surface area contributed by atoms with Crippen molar-refractivity contribution in [1.29, 1.82) is 0 Å². The molecule has 84 valence electrons. The maximum absolute atomic E-state index is 11.0. The monoisotopic (exact) mass is 228 g/mol. The zero-order chi connectivity index (χ0) is 11.1. The number of carbonyl (C=O) groups is 1. The molecule has 1 aromatic heterocycles. The molecule has 0 unspecified atom stereocenters. The van der Waals surface area contributed by atoms with Crippen molar-refractivity contribution in [1.82, 2.24) is 10.4 Å². The summed E-state index contributed by atoms with van der Waals surface area (Å²) in [6.45, 7) is 3.92. The highest BCUT2D eigenvalue weighted by atomic mass is 32.1. The van der Waals surface area contributed by atoms with Crippen LogP contribution in [0, 0.1) is 0 Å². The summed E-state index contributed by atoms with van der Waals surface area (Å²) in [6.07, 6.45) is 0.990. The van der Waals surface area contributed by atoms with E-state index in [0.29, 0.717) is 0 Å². The third kappa shape index (κ3) is 4.42. The molecule has 0 aliphatic heterocycles. The largest absolute Gasteiger partial charge is 0.289 e. The second kappa shape index (κ2) is 6.55. The number of amides is 1. The predicted molar refractivity (Wildman–Crippen MR) is 59.8 cm³/mol. The Labute approximate surface area is 93.5 Å². The Kier molecular flexibility index (Phi) is 5.31. The van der Waals surface area contributed by atoms with Gasteiger partial charge in [-0.3, -0.25) is 14.9 Å². The number of thiophene rings is 1. The fourth-order valence-corrected chi connectivity index (χ4v) is 2.14. The standard InChI is InChI=1S/C10H16N2O2S/c1-2-5-12(8-10(13)11-14)7-9-4-3-6-15-9/h3-4,6,14H,2,5,7-8H2,1H3,(H,11,13). The van der Waals surface area contributed by atoms with E-state index in [0.717, 1.165) is 19.5 Å². The summed E-state index contributed by atoms with van der Waals surface area (Å²) in [4.78, 5) is 14.3. The van der Waals surface area contributed by atoms with Crippen LogP contribution in [0.5, 0.6) is 0 Å². The van der Waals surface area contributed by atoms with Gasteiger partial charge in [0.1, 0.15) is 0 Å². The smallest absolute Gasteiger partial charge is 0.257 e. The molecule has 0 aromatic carbocycles. The van der Waals surface area contributed by atoms with Gasteiger partial charge in [0.25, 0.3) is 5.91 Å². The van der Waals surface area contributed by atoms with E-state index >= 15 is 0 Å². The molecule has 0 saturated carbocycles. The van der Waals surface area contributed by atoms with Crippen LogP contribution in [0.15, 0.2) is 17.5 Å². The quantitative estimate of drug-likeness (QED) is 0.572. The SMILES string of the molecule is CCCN(CC(=O)NO)Cc1cccs1. The van der Waals surface area contributed by atoms with Crippen molar-refractivity contribution >= 4 is 17.2 Å². The van der Waals surface area contributed by atoms with Crippen LogP contribution < -0.4 is 5.48 Å². The minimum atomic E-state index is -0.361. The van der Waals surface area contributed by atoms with Crippen molar-refractivity contribution in [2.75, 3.05) is 13.1 Å². The van der Waals surface area contributed by atoms with Gasteiger partial charge >= 0.3 is 0 Å². The van der Waals surface area contributed by atoms with Gasteiger partial charge in [-0.1, -0.05) is 13.0 Å². The van der Waals surface area contributed by atoms with Crippen LogP contribution in [0.4, 0.5) is 0 Å². The van der Waals surface area contributed by atoms with Crippen LogP contribution in [-0.4, -0.2) is 29.1 Å². The molecule has 0 aliphatic rings. The first-order valence-corrected chi connectivity index (χ1v) is 5.82. The highest BCUT2D eigenvalue weighted by Crippen LogP contribution is 2.11. The lowest BCUT2D eigenvalue weighted by molar-refractivity contribution is -0.130. The fraction of sp³-hybridized carbons (Fsp3) is 0.500. The molecular formula is C10H16N2O2S. The molecule has 5 heteroatoms. The molecule has 0 spiro atoms. The van der Waals surface area contributed by atoms with Crippen LogP contribution in [-0.2, 0) is 11.3 Å². The summed E-state index contributed by atoms with van der Waals surface area (Å²) < 4.78 is 0. The van der Waals surface area contributed by atoms with E-state index < -0.39 is 0 Å². The number of nitrogens with one attached hydrogen (secondary N) is 1. The Morgan fingerprint density at radius 1 is 1.67 bits per heavy atom. The summed E-state index contributed by atoms with van der Waals surface area (Å²) in [6, 6.07) is 4.04.